The van der Waals surface area contributed by atoms with E-state index >= 15 is 0 Å². The monoisotopic (exact) mass is 630 g/mol. The van der Waals surface area contributed by atoms with Gasteiger partial charge < -0.3 is 19.1 Å². The molecule has 0 unspecified atom stereocenters. The summed E-state index contributed by atoms with van der Waals surface area (Å²) in [6.45, 7) is 16.0. The number of fused-ring (bicyclic) bond motifs is 9. The summed E-state index contributed by atoms with van der Waals surface area (Å²) in [4.78, 5) is 0. The van der Waals surface area contributed by atoms with E-state index in [1.165, 1.54) is 17.7 Å². The third-order valence-corrected chi connectivity index (χ3v) is 14.4. The summed E-state index contributed by atoms with van der Waals surface area (Å²) >= 11 is 0. The summed E-state index contributed by atoms with van der Waals surface area (Å²) in [5.41, 5.74) is 1.99. The number of hydrogen-bond donors (Lipinski definition) is 3. The van der Waals surface area contributed by atoms with E-state index in [1.54, 1.807) is 0 Å². The molecule has 3 saturated carbocycles. The molecular formula is C36H54O7S. The minimum Gasteiger partial charge on any atom is -0.508 e. The molecule has 3 N–H and O–H groups in total. The van der Waals surface area contributed by atoms with Crippen molar-refractivity contribution in [2.75, 3.05) is 0 Å². The molecule has 1 heterocycles. The average Bonchev–Trinajstić information content (AvgIpc) is 3.20. The second kappa shape index (κ2) is 10.4. The van der Waals surface area contributed by atoms with E-state index in [0.717, 1.165) is 75.3 Å². The van der Waals surface area contributed by atoms with Crippen LogP contribution in [-0.4, -0.2) is 41.0 Å². The van der Waals surface area contributed by atoms with Gasteiger partial charge in [-0.3, -0.25) is 4.55 Å². The van der Waals surface area contributed by atoms with Crippen molar-refractivity contribution in [3.63, 3.8) is 0 Å². The molecule has 0 bridgehead atoms. The summed E-state index contributed by atoms with van der Waals surface area (Å²) in [5.74, 6) is 1.49. The number of phenols is 1. The Hall–Kier alpha value is -1.61. The van der Waals surface area contributed by atoms with Gasteiger partial charge in [-0.05, 0) is 138 Å². The number of benzene rings is 1. The Bertz CT molecular complexity index is 1450. The van der Waals surface area contributed by atoms with Gasteiger partial charge in [-0.2, -0.15) is 8.42 Å². The second-order valence-electron chi connectivity index (χ2n) is 16.7. The molecular weight excluding hydrogens is 576 g/mol. The van der Waals surface area contributed by atoms with Crippen LogP contribution in [0.4, 0.5) is 0 Å². The summed E-state index contributed by atoms with van der Waals surface area (Å²) < 4.78 is 45.3. The number of aliphatic hydroxyl groups is 1. The van der Waals surface area contributed by atoms with Gasteiger partial charge in [-0.1, -0.05) is 39.3 Å². The van der Waals surface area contributed by atoms with Gasteiger partial charge in [0.05, 0.1) is 17.8 Å². The van der Waals surface area contributed by atoms with Gasteiger partial charge >= 0.3 is 10.4 Å². The van der Waals surface area contributed by atoms with E-state index < -0.39 is 22.1 Å². The first-order valence-electron chi connectivity index (χ1n) is 16.9. The molecule has 6 rings (SSSR count). The number of hydrogen-bond acceptors (Lipinski definition) is 6. The summed E-state index contributed by atoms with van der Waals surface area (Å²) in [7, 11) is -4.70. The minimum atomic E-state index is -4.70. The molecule has 1 aromatic carbocycles. The quantitative estimate of drug-likeness (QED) is 0.226. The van der Waals surface area contributed by atoms with Gasteiger partial charge in [0.25, 0.3) is 0 Å². The van der Waals surface area contributed by atoms with E-state index in [-0.39, 0.29) is 45.2 Å². The predicted molar refractivity (Wildman–Crippen MR) is 171 cm³/mol. The maximum Gasteiger partial charge on any atom is 0.446 e. The van der Waals surface area contributed by atoms with Gasteiger partial charge in [0, 0.05) is 16.5 Å². The first kappa shape index (κ1) is 32.3. The zero-order valence-electron chi connectivity index (χ0n) is 27.8. The van der Waals surface area contributed by atoms with Gasteiger partial charge in [-0.15, -0.1) is 0 Å². The highest BCUT2D eigenvalue weighted by Gasteiger charge is 2.68. The molecule has 0 amide bonds. The molecule has 0 radical (unpaired) electrons. The summed E-state index contributed by atoms with van der Waals surface area (Å²) in [6, 6.07) is 2.98. The van der Waals surface area contributed by atoms with Crippen LogP contribution in [0.15, 0.2) is 23.8 Å². The van der Waals surface area contributed by atoms with E-state index in [4.69, 9.17) is 8.92 Å². The zero-order chi connectivity index (χ0) is 32.1. The highest BCUT2D eigenvalue weighted by Crippen LogP contribution is 2.74. The van der Waals surface area contributed by atoms with Crippen LogP contribution in [0.3, 0.4) is 0 Å². The van der Waals surface area contributed by atoms with Crippen LogP contribution in [-0.2, 0) is 27.0 Å². The minimum absolute atomic E-state index is 0.00771. The molecule has 10 atom stereocenters. The number of phenolic OH excluding ortho intramolecular Hbond substituents is 1. The van der Waals surface area contributed by atoms with Crippen LogP contribution in [0.2, 0.25) is 0 Å². The third-order valence-electron chi connectivity index (χ3n) is 14.0. The van der Waals surface area contributed by atoms with Gasteiger partial charge in [0.2, 0.25) is 0 Å². The van der Waals surface area contributed by atoms with Crippen molar-refractivity contribution in [1.82, 2.24) is 0 Å². The van der Waals surface area contributed by atoms with Crippen molar-refractivity contribution in [1.29, 1.82) is 0 Å². The molecule has 8 heteroatoms. The van der Waals surface area contributed by atoms with E-state index in [0.29, 0.717) is 18.3 Å². The lowest BCUT2D eigenvalue weighted by Crippen LogP contribution is -2.64. The number of aliphatic hydroxyl groups excluding tert-OH is 1. The standard InChI is InChI=1S/C36H54O7S/c1-22(2)9-8-16-36(7)29(38)14-19-34(5)27-12-17-33(4)26(32(27,3)20-15-30(34)42-36)13-18-35(6)28(33)21-23-24(37)10-11-25(31(23)35)43-44(39,40)41/h9-11,26-30,37-38H,8,12-21H2,1-7H3,(H,39,40,41)/t26-,27+,28-,29+,30-,32+,33+,34-,35-,36+/m0/s1. The Morgan fingerprint density at radius 1 is 0.932 bits per heavy atom. The Morgan fingerprint density at radius 2 is 1.55 bits per heavy atom. The van der Waals surface area contributed by atoms with E-state index in [2.05, 4.69) is 54.5 Å². The molecule has 1 aromatic rings. The Labute approximate surface area is 264 Å². The molecule has 0 spiro atoms. The summed E-state index contributed by atoms with van der Waals surface area (Å²) in [5, 5.41) is 22.4. The van der Waals surface area contributed by atoms with Crippen LogP contribution >= 0.6 is 0 Å². The molecule has 1 aliphatic heterocycles. The molecule has 44 heavy (non-hydrogen) atoms. The molecule has 4 fully saturated rings. The van der Waals surface area contributed by atoms with Crippen LogP contribution in [0.25, 0.3) is 0 Å². The topological polar surface area (TPSA) is 113 Å². The van der Waals surface area contributed by atoms with Gasteiger partial charge in [-0.25, -0.2) is 0 Å². The molecule has 1 saturated heterocycles. The first-order valence-corrected chi connectivity index (χ1v) is 18.3. The number of ether oxygens (including phenoxy) is 1. The molecule has 7 nitrogen and oxygen atoms in total. The molecule has 0 aromatic heterocycles. The first-order chi connectivity index (χ1) is 20.4. The maximum atomic E-state index is 11.8. The fraction of sp³-hybridized carbons (Fsp3) is 0.778. The fourth-order valence-electron chi connectivity index (χ4n) is 12.0. The lowest BCUT2D eigenvalue weighted by Gasteiger charge is -2.69. The molecule has 4 aliphatic carbocycles. The normalized spacial score (nSPS) is 44.7. The second-order valence-corrected chi connectivity index (χ2v) is 17.7. The SMILES string of the molecule is CC(C)=CCC[C@@]1(C)O[C@H]2CC[C@@]3(C)[C@@H](CC[C@]4(C)[C@H]3CC[C@]3(C)c5c(OS(=O)(=O)O)ccc(O)c5C[C@@H]43)[C@]2(C)CC[C@H]1O. The van der Waals surface area contributed by atoms with Crippen molar-refractivity contribution in [3.8, 4) is 11.5 Å². The highest BCUT2D eigenvalue weighted by atomic mass is 32.3. The van der Waals surface area contributed by atoms with Gasteiger partial charge in [0.1, 0.15) is 11.5 Å². The zero-order valence-corrected chi connectivity index (χ0v) is 28.6. The number of rotatable bonds is 5. The number of allylic oxidation sites excluding steroid dienone is 2. The van der Waals surface area contributed by atoms with Crippen molar-refractivity contribution in [2.24, 2.45) is 34.0 Å². The van der Waals surface area contributed by atoms with Crippen molar-refractivity contribution in [2.45, 2.75) is 142 Å². The van der Waals surface area contributed by atoms with Crippen LogP contribution in [0, 0.1) is 34.0 Å². The van der Waals surface area contributed by atoms with Crippen molar-refractivity contribution < 1.29 is 32.1 Å². The fourth-order valence-corrected chi connectivity index (χ4v) is 12.3. The van der Waals surface area contributed by atoms with E-state index in [9.17, 15) is 23.2 Å². The average molecular weight is 631 g/mol. The number of aromatic hydroxyl groups is 1. The van der Waals surface area contributed by atoms with Crippen LogP contribution in [0.5, 0.6) is 11.5 Å². The smallest absolute Gasteiger partial charge is 0.446 e. The van der Waals surface area contributed by atoms with Gasteiger partial charge in [0.15, 0.2) is 0 Å². The highest BCUT2D eigenvalue weighted by molar-refractivity contribution is 7.81. The Balaban J connectivity index is 1.31. The third kappa shape index (κ3) is 4.79. The Morgan fingerprint density at radius 3 is 2.23 bits per heavy atom. The van der Waals surface area contributed by atoms with Crippen LogP contribution < -0.4 is 4.18 Å². The maximum absolute atomic E-state index is 11.8. The predicted octanol–water partition coefficient (Wildman–Crippen LogP) is 7.68. The molecule has 5 aliphatic rings. The lowest BCUT2D eigenvalue weighted by atomic mass is 9.36. The molecule has 246 valence electrons. The van der Waals surface area contributed by atoms with Crippen molar-refractivity contribution in [3.05, 3.63) is 34.9 Å². The van der Waals surface area contributed by atoms with Crippen molar-refractivity contribution >= 4 is 10.4 Å². The van der Waals surface area contributed by atoms with Crippen LogP contribution in [0.1, 0.15) is 124 Å². The largest absolute Gasteiger partial charge is 0.508 e. The summed E-state index contributed by atoms with van der Waals surface area (Å²) in [6.07, 6.45) is 12.2. The van der Waals surface area contributed by atoms with E-state index in [1.807, 2.05) is 0 Å². The Kier molecular flexibility index (Phi) is 7.68. The lowest BCUT2D eigenvalue weighted by molar-refractivity contribution is -0.236.